The standard InChI is InChI=1S/C18H22BrN3O5S/c1-4-27-18(24)16-11(2)22-12(3)17(16)28(25,26)21-10-15(23)20-9-13-6-5-7-14(19)8-13/h5-8,21-22H,4,9-10H2,1-3H3,(H,20,23). The Morgan fingerprint density at radius 1 is 1.21 bits per heavy atom. The van der Waals surface area contributed by atoms with E-state index in [9.17, 15) is 18.0 Å². The summed E-state index contributed by atoms with van der Waals surface area (Å²) in [6.07, 6.45) is 0. The molecule has 0 unspecified atom stereocenters. The fourth-order valence-corrected chi connectivity index (χ4v) is 4.56. The molecule has 1 amide bonds. The first-order valence-corrected chi connectivity index (χ1v) is 10.8. The summed E-state index contributed by atoms with van der Waals surface area (Å²) in [5, 5.41) is 2.64. The van der Waals surface area contributed by atoms with E-state index < -0.39 is 28.4 Å². The fraction of sp³-hybridized carbons (Fsp3) is 0.333. The predicted molar refractivity (Wildman–Crippen MR) is 107 cm³/mol. The van der Waals surface area contributed by atoms with Crippen LogP contribution in [0.4, 0.5) is 0 Å². The highest BCUT2D eigenvalue weighted by atomic mass is 79.9. The van der Waals surface area contributed by atoms with Gasteiger partial charge < -0.3 is 15.0 Å². The molecule has 0 aliphatic rings. The molecule has 0 radical (unpaired) electrons. The number of benzene rings is 1. The van der Waals surface area contributed by atoms with Crippen molar-refractivity contribution in [2.24, 2.45) is 0 Å². The van der Waals surface area contributed by atoms with Crippen molar-refractivity contribution in [3.8, 4) is 0 Å². The number of carbonyl (C=O) groups is 2. The van der Waals surface area contributed by atoms with E-state index in [1.165, 1.54) is 6.92 Å². The van der Waals surface area contributed by atoms with Crippen molar-refractivity contribution in [3.63, 3.8) is 0 Å². The number of sulfonamides is 1. The maximum absolute atomic E-state index is 12.7. The maximum Gasteiger partial charge on any atom is 0.341 e. The average Bonchev–Trinajstić information content (AvgIpc) is 2.93. The number of ether oxygens (including phenoxy) is 1. The van der Waals surface area contributed by atoms with Crippen molar-refractivity contribution < 1.29 is 22.7 Å². The van der Waals surface area contributed by atoms with Gasteiger partial charge in [-0.2, -0.15) is 0 Å². The normalized spacial score (nSPS) is 11.3. The van der Waals surface area contributed by atoms with Crippen LogP contribution in [-0.4, -0.2) is 38.4 Å². The molecule has 0 fully saturated rings. The second kappa shape index (κ2) is 9.35. The van der Waals surface area contributed by atoms with E-state index in [-0.39, 0.29) is 23.6 Å². The minimum Gasteiger partial charge on any atom is -0.462 e. The summed E-state index contributed by atoms with van der Waals surface area (Å²) in [7, 11) is -4.10. The molecular formula is C18H22BrN3O5S. The van der Waals surface area contributed by atoms with Gasteiger partial charge in [0.2, 0.25) is 15.9 Å². The number of aromatic amines is 1. The van der Waals surface area contributed by atoms with Crippen LogP contribution in [0.5, 0.6) is 0 Å². The van der Waals surface area contributed by atoms with Crippen molar-refractivity contribution in [1.82, 2.24) is 15.0 Å². The number of rotatable bonds is 8. The molecule has 0 aliphatic carbocycles. The number of esters is 1. The third-order valence-electron chi connectivity index (χ3n) is 3.87. The van der Waals surface area contributed by atoms with Crippen LogP contribution in [0, 0.1) is 13.8 Å². The second-order valence-electron chi connectivity index (χ2n) is 6.03. The van der Waals surface area contributed by atoms with Crippen LogP contribution >= 0.6 is 15.9 Å². The lowest BCUT2D eigenvalue weighted by Crippen LogP contribution is -2.37. The summed E-state index contributed by atoms with van der Waals surface area (Å²) < 4.78 is 33.5. The zero-order valence-electron chi connectivity index (χ0n) is 15.8. The summed E-state index contributed by atoms with van der Waals surface area (Å²) in [5.41, 5.74) is 1.49. The molecule has 0 bridgehead atoms. The highest BCUT2D eigenvalue weighted by molar-refractivity contribution is 9.10. The molecule has 0 atom stereocenters. The van der Waals surface area contributed by atoms with Gasteiger partial charge in [-0.15, -0.1) is 0 Å². The number of hydrogen-bond donors (Lipinski definition) is 3. The first kappa shape index (κ1) is 22.1. The lowest BCUT2D eigenvalue weighted by Gasteiger charge is -2.10. The van der Waals surface area contributed by atoms with Gasteiger partial charge in [-0.25, -0.2) is 17.9 Å². The Balaban J connectivity index is 2.07. The summed E-state index contributed by atoms with van der Waals surface area (Å²) in [5.74, 6) is -1.23. The Labute approximate surface area is 172 Å². The molecule has 2 aromatic rings. The molecule has 0 aliphatic heterocycles. The highest BCUT2D eigenvalue weighted by Crippen LogP contribution is 2.24. The molecule has 0 saturated carbocycles. The van der Waals surface area contributed by atoms with Crippen molar-refractivity contribution in [3.05, 3.63) is 51.3 Å². The minimum atomic E-state index is -4.10. The van der Waals surface area contributed by atoms with Crippen LogP contribution in [-0.2, 0) is 26.1 Å². The lowest BCUT2D eigenvalue weighted by molar-refractivity contribution is -0.120. The topological polar surface area (TPSA) is 117 Å². The average molecular weight is 472 g/mol. The maximum atomic E-state index is 12.7. The molecule has 152 valence electrons. The van der Waals surface area contributed by atoms with Crippen LogP contribution in [0.25, 0.3) is 0 Å². The molecule has 1 aromatic heterocycles. The Hall–Kier alpha value is -2.17. The number of halogens is 1. The predicted octanol–water partition coefficient (Wildman–Crippen LogP) is 2.17. The zero-order valence-corrected chi connectivity index (χ0v) is 18.2. The molecule has 2 rings (SSSR count). The van der Waals surface area contributed by atoms with Crippen molar-refractivity contribution in [1.29, 1.82) is 0 Å². The molecule has 3 N–H and O–H groups in total. The first-order valence-electron chi connectivity index (χ1n) is 8.52. The van der Waals surface area contributed by atoms with Crippen molar-refractivity contribution in [2.45, 2.75) is 32.2 Å². The van der Waals surface area contributed by atoms with Crippen LogP contribution < -0.4 is 10.0 Å². The van der Waals surface area contributed by atoms with E-state index in [0.717, 1.165) is 10.0 Å². The molecule has 8 nitrogen and oxygen atoms in total. The quantitative estimate of drug-likeness (QED) is 0.509. The number of H-pyrrole nitrogens is 1. The van der Waals surface area contributed by atoms with Gasteiger partial charge >= 0.3 is 5.97 Å². The smallest absolute Gasteiger partial charge is 0.341 e. The van der Waals surface area contributed by atoms with E-state index in [2.05, 4.69) is 31.0 Å². The molecule has 1 aromatic carbocycles. The van der Waals surface area contributed by atoms with Gasteiger partial charge in [0.05, 0.1) is 13.2 Å². The van der Waals surface area contributed by atoms with Crippen LogP contribution in [0.2, 0.25) is 0 Å². The molecule has 1 heterocycles. The van der Waals surface area contributed by atoms with Gasteiger partial charge in [0.25, 0.3) is 0 Å². The number of amides is 1. The third kappa shape index (κ3) is 5.43. The molecule has 28 heavy (non-hydrogen) atoms. The fourth-order valence-electron chi connectivity index (χ4n) is 2.69. The Morgan fingerprint density at radius 3 is 2.57 bits per heavy atom. The minimum absolute atomic E-state index is 0.0543. The lowest BCUT2D eigenvalue weighted by atomic mass is 10.2. The summed E-state index contributed by atoms with van der Waals surface area (Å²) >= 11 is 3.34. The van der Waals surface area contributed by atoms with Crippen LogP contribution in [0.1, 0.15) is 34.2 Å². The third-order valence-corrected chi connectivity index (χ3v) is 5.93. The summed E-state index contributed by atoms with van der Waals surface area (Å²) in [6, 6.07) is 7.39. The Morgan fingerprint density at radius 2 is 1.93 bits per heavy atom. The first-order chi connectivity index (χ1) is 13.2. The van der Waals surface area contributed by atoms with E-state index >= 15 is 0 Å². The molecular weight excluding hydrogens is 450 g/mol. The van der Waals surface area contributed by atoms with Crippen molar-refractivity contribution in [2.75, 3.05) is 13.2 Å². The monoisotopic (exact) mass is 471 g/mol. The van der Waals surface area contributed by atoms with Crippen LogP contribution in [0.15, 0.2) is 33.6 Å². The number of carbonyl (C=O) groups excluding carboxylic acids is 2. The van der Waals surface area contributed by atoms with Crippen LogP contribution in [0.3, 0.4) is 0 Å². The van der Waals surface area contributed by atoms with Gasteiger partial charge in [-0.1, -0.05) is 28.1 Å². The van der Waals surface area contributed by atoms with Gasteiger partial charge in [0.15, 0.2) is 0 Å². The van der Waals surface area contributed by atoms with E-state index in [1.807, 2.05) is 24.3 Å². The van der Waals surface area contributed by atoms with E-state index in [4.69, 9.17) is 4.74 Å². The number of aromatic nitrogens is 1. The van der Waals surface area contributed by atoms with E-state index in [0.29, 0.717) is 11.4 Å². The second-order valence-corrected chi connectivity index (χ2v) is 8.65. The summed E-state index contributed by atoms with van der Waals surface area (Å²) in [4.78, 5) is 26.8. The van der Waals surface area contributed by atoms with E-state index in [1.54, 1.807) is 13.8 Å². The van der Waals surface area contributed by atoms with Gasteiger partial charge in [-0.3, -0.25) is 4.79 Å². The zero-order chi connectivity index (χ0) is 20.9. The largest absolute Gasteiger partial charge is 0.462 e. The van der Waals surface area contributed by atoms with Gasteiger partial charge in [-0.05, 0) is 38.5 Å². The highest BCUT2D eigenvalue weighted by Gasteiger charge is 2.30. The number of nitrogens with one attached hydrogen (secondary N) is 3. The Kier molecular flexibility index (Phi) is 7.39. The number of aryl methyl sites for hydroxylation is 2. The SMILES string of the molecule is CCOC(=O)c1c(C)[nH]c(C)c1S(=O)(=O)NCC(=O)NCc1cccc(Br)c1. The number of hydrogen-bond acceptors (Lipinski definition) is 5. The molecule has 10 heteroatoms. The molecule has 0 spiro atoms. The van der Waals surface area contributed by atoms with Gasteiger partial charge in [0, 0.05) is 22.4 Å². The van der Waals surface area contributed by atoms with Gasteiger partial charge in [0.1, 0.15) is 10.5 Å². The molecule has 0 saturated heterocycles. The summed E-state index contributed by atoms with van der Waals surface area (Å²) in [6.45, 7) is 4.68. The Bertz CT molecular complexity index is 985. The van der Waals surface area contributed by atoms with Crippen molar-refractivity contribution >= 4 is 37.8 Å².